The number of hydrogen-bond donors (Lipinski definition) is 4. The van der Waals surface area contributed by atoms with E-state index in [2.05, 4.69) is 16.0 Å². The Hall–Kier alpha value is -4.70. The van der Waals surface area contributed by atoms with E-state index in [0.717, 1.165) is 22.3 Å². The second-order valence-corrected chi connectivity index (χ2v) is 14.2. The number of hydrogen-bond acceptors (Lipinski definition) is 6. The third-order valence-corrected chi connectivity index (χ3v) is 8.55. The lowest BCUT2D eigenvalue weighted by Gasteiger charge is -2.38. The Balaban J connectivity index is 1.50. The average Bonchev–Trinajstić information content (AvgIpc) is 3.08. The first-order valence-electron chi connectivity index (χ1n) is 17.0. The van der Waals surface area contributed by atoms with Crippen LogP contribution in [0.25, 0.3) is 0 Å². The monoisotopic (exact) mass is 670 g/mol. The molecule has 0 radical (unpaired) electrons. The zero-order valence-electron chi connectivity index (χ0n) is 29.1. The molecular formula is C39H50N4O6. The van der Waals surface area contributed by atoms with Crippen molar-refractivity contribution in [2.75, 3.05) is 13.1 Å². The minimum Gasteiger partial charge on any atom is -0.445 e. The predicted octanol–water partition coefficient (Wildman–Crippen LogP) is 4.70. The molecule has 1 aliphatic rings. The van der Waals surface area contributed by atoms with Gasteiger partial charge in [-0.25, -0.2) is 4.79 Å². The number of rotatable bonds is 13. The summed E-state index contributed by atoms with van der Waals surface area (Å²) in [7, 11) is 0. The molecule has 0 saturated heterocycles. The van der Waals surface area contributed by atoms with Gasteiger partial charge < -0.3 is 30.7 Å². The van der Waals surface area contributed by atoms with E-state index in [-0.39, 0.29) is 36.7 Å². The Labute approximate surface area is 289 Å². The van der Waals surface area contributed by atoms with Crippen molar-refractivity contribution in [2.24, 2.45) is 11.3 Å². The van der Waals surface area contributed by atoms with Crippen LogP contribution in [-0.2, 0) is 38.6 Å². The summed E-state index contributed by atoms with van der Waals surface area (Å²) < 4.78 is 5.35. The molecule has 3 aromatic rings. The van der Waals surface area contributed by atoms with Crippen LogP contribution >= 0.6 is 0 Å². The molecule has 49 heavy (non-hydrogen) atoms. The van der Waals surface area contributed by atoms with Gasteiger partial charge >= 0.3 is 6.09 Å². The molecular weight excluding hydrogens is 620 g/mol. The van der Waals surface area contributed by atoms with Gasteiger partial charge in [-0.15, -0.1) is 0 Å². The Morgan fingerprint density at radius 3 is 2.12 bits per heavy atom. The van der Waals surface area contributed by atoms with Gasteiger partial charge in [0.25, 0.3) is 0 Å². The lowest BCUT2D eigenvalue weighted by atomic mass is 9.90. The van der Waals surface area contributed by atoms with E-state index in [9.17, 15) is 24.3 Å². The number of aliphatic hydroxyl groups is 1. The predicted molar refractivity (Wildman–Crippen MR) is 188 cm³/mol. The van der Waals surface area contributed by atoms with E-state index in [0.29, 0.717) is 19.5 Å². The molecule has 3 aromatic carbocycles. The number of ether oxygens (including phenoxy) is 1. The maximum absolute atomic E-state index is 14.0. The molecule has 4 rings (SSSR count). The SMILES string of the molecule is CC(C)[C@H](NC(=O)OCc1ccccc1)C(=O)N[C@@H](Cc1ccccc1)[C@@H](O)CC(=O)N1CCc2ccccc2[C@H]1C(=O)NCC(C)(C)C. The molecule has 10 nitrogen and oxygen atoms in total. The molecule has 4 N–H and O–H groups in total. The number of nitrogens with zero attached hydrogens (tertiary/aromatic N) is 1. The van der Waals surface area contributed by atoms with Crippen molar-refractivity contribution in [1.29, 1.82) is 0 Å². The van der Waals surface area contributed by atoms with Gasteiger partial charge in [0, 0.05) is 13.1 Å². The number of fused-ring (bicyclic) bond motifs is 1. The number of alkyl carbamates (subject to hydrolysis) is 1. The molecule has 1 aliphatic heterocycles. The van der Waals surface area contributed by atoms with Crippen LogP contribution in [0.1, 0.15) is 69.3 Å². The summed E-state index contributed by atoms with van der Waals surface area (Å²) in [6.07, 6.45) is -1.53. The third-order valence-electron chi connectivity index (χ3n) is 8.55. The molecule has 0 aliphatic carbocycles. The molecule has 0 spiro atoms. The summed E-state index contributed by atoms with van der Waals surface area (Å²) >= 11 is 0. The summed E-state index contributed by atoms with van der Waals surface area (Å²) in [5.41, 5.74) is 3.28. The molecule has 0 saturated carbocycles. The number of amides is 4. The fraction of sp³-hybridized carbons (Fsp3) is 0.436. The minimum absolute atomic E-state index is 0.0484. The highest BCUT2D eigenvalue weighted by Gasteiger charge is 2.38. The second-order valence-electron chi connectivity index (χ2n) is 14.2. The van der Waals surface area contributed by atoms with Gasteiger partial charge in [-0.1, -0.05) is 120 Å². The molecule has 0 unspecified atom stereocenters. The first-order valence-corrected chi connectivity index (χ1v) is 17.0. The largest absolute Gasteiger partial charge is 0.445 e. The number of benzene rings is 3. The summed E-state index contributed by atoms with van der Waals surface area (Å²) in [5.74, 6) is -1.48. The number of aliphatic hydroxyl groups excluding tert-OH is 1. The highest BCUT2D eigenvalue weighted by molar-refractivity contribution is 5.90. The normalized spacial score (nSPS) is 16.1. The fourth-order valence-electron chi connectivity index (χ4n) is 5.86. The second kappa shape index (κ2) is 17.1. The van der Waals surface area contributed by atoms with Crippen LogP contribution in [0.5, 0.6) is 0 Å². The molecule has 1 heterocycles. The maximum Gasteiger partial charge on any atom is 0.408 e. The fourth-order valence-corrected chi connectivity index (χ4v) is 5.86. The zero-order chi connectivity index (χ0) is 35.6. The topological polar surface area (TPSA) is 137 Å². The average molecular weight is 671 g/mol. The van der Waals surface area contributed by atoms with Crippen LogP contribution in [0.3, 0.4) is 0 Å². The zero-order valence-corrected chi connectivity index (χ0v) is 29.1. The van der Waals surface area contributed by atoms with E-state index in [1.54, 1.807) is 13.8 Å². The van der Waals surface area contributed by atoms with Crippen molar-refractivity contribution >= 4 is 23.8 Å². The third kappa shape index (κ3) is 10.9. The molecule has 0 aromatic heterocycles. The van der Waals surface area contributed by atoms with Crippen molar-refractivity contribution < 1.29 is 29.0 Å². The summed E-state index contributed by atoms with van der Waals surface area (Å²) in [6.45, 7) is 10.5. The summed E-state index contributed by atoms with van der Waals surface area (Å²) in [6, 6.07) is 23.5. The highest BCUT2D eigenvalue weighted by Crippen LogP contribution is 2.31. The van der Waals surface area contributed by atoms with Gasteiger partial charge in [0.15, 0.2) is 0 Å². The Bertz CT molecular complexity index is 1560. The smallest absolute Gasteiger partial charge is 0.408 e. The quantitative estimate of drug-likeness (QED) is 0.208. The molecule has 262 valence electrons. The van der Waals surface area contributed by atoms with Gasteiger partial charge in [-0.2, -0.15) is 0 Å². The Kier molecular flexibility index (Phi) is 13.0. The first-order chi connectivity index (χ1) is 23.3. The van der Waals surface area contributed by atoms with Crippen LogP contribution in [0.2, 0.25) is 0 Å². The van der Waals surface area contributed by atoms with Crippen LogP contribution in [0.4, 0.5) is 4.79 Å². The van der Waals surface area contributed by atoms with Crippen LogP contribution in [0.15, 0.2) is 84.9 Å². The van der Waals surface area contributed by atoms with Crippen molar-refractivity contribution in [3.05, 3.63) is 107 Å². The number of carbonyl (C=O) groups excluding carboxylic acids is 4. The van der Waals surface area contributed by atoms with E-state index >= 15 is 0 Å². The van der Waals surface area contributed by atoms with Gasteiger partial charge in [-0.3, -0.25) is 14.4 Å². The van der Waals surface area contributed by atoms with Crippen molar-refractivity contribution in [3.63, 3.8) is 0 Å². The van der Waals surface area contributed by atoms with E-state index < -0.39 is 42.1 Å². The summed E-state index contributed by atoms with van der Waals surface area (Å²) in [4.78, 5) is 55.5. The summed E-state index contributed by atoms with van der Waals surface area (Å²) in [5, 5.41) is 20.2. The molecule has 4 amide bonds. The van der Waals surface area contributed by atoms with Crippen LogP contribution in [-0.4, -0.2) is 65.1 Å². The lowest BCUT2D eigenvalue weighted by Crippen LogP contribution is -2.56. The maximum atomic E-state index is 14.0. The first kappa shape index (κ1) is 37.1. The van der Waals surface area contributed by atoms with E-state index in [1.807, 2.05) is 106 Å². The van der Waals surface area contributed by atoms with Gasteiger partial charge in [0.2, 0.25) is 17.7 Å². The molecule has 0 fully saturated rings. The Morgan fingerprint density at radius 2 is 1.49 bits per heavy atom. The standard InChI is InChI=1S/C39H50N4O6/c1-26(2)34(42-38(48)49-24-28-16-10-7-11-17-28)36(46)41-31(22-27-14-8-6-9-15-27)32(44)23-33(45)43-21-20-29-18-12-13-19-30(29)35(43)37(47)40-25-39(3,4)5/h6-19,26,31-32,34-35,44H,20-25H2,1-5H3,(H,40,47)(H,41,46)(H,42,48)/t31-,32-,34-,35-/m0/s1. The minimum atomic E-state index is -1.29. The van der Waals surface area contributed by atoms with Crippen molar-refractivity contribution in [1.82, 2.24) is 20.9 Å². The van der Waals surface area contributed by atoms with Crippen LogP contribution in [0, 0.1) is 11.3 Å². The number of carbonyl (C=O) groups is 4. The van der Waals surface area contributed by atoms with Gasteiger partial charge in [-0.05, 0) is 46.4 Å². The molecule has 0 bridgehead atoms. The van der Waals surface area contributed by atoms with E-state index in [1.165, 1.54) is 4.90 Å². The van der Waals surface area contributed by atoms with Gasteiger partial charge in [0.1, 0.15) is 18.7 Å². The van der Waals surface area contributed by atoms with Crippen molar-refractivity contribution in [2.45, 2.75) is 84.7 Å². The Morgan fingerprint density at radius 1 is 0.878 bits per heavy atom. The molecule has 10 heteroatoms. The van der Waals surface area contributed by atoms with Gasteiger partial charge in [0.05, 0.1) is 18.6 Å². The lowest BCUT2D eigenvalue weighted by molar-refractivity contribution is -0.143. The van der Waals surface area contributed by atoms with Crippen molar-refractivity contribution in [3.8, 4) is 0 Å². The molecule has 4 atom stereocenters. The van der Waals surface area contributed by atoms with E-state index in [4.69, 9.17) is 4.74 Å². The van der Waals surface area contributed by atoms with Crippen LogP contribution < -0.4 is 16.0 Å². The highest BCUT2D eigenvalue weighted by atomic mass is 16.5. The number of nitrogens with one attached hydrogen (secondary N) is 3.